The van der Waals surface area contributed by atoms with E-state index in [4.69, 9.17) is 13.9 Å². The number of ether oxygens (including phenoxy) is 2. The zero-order chi connectivity index (χ0) is 20.6. The highest BCUT2D eigenvalue weighted by molar-refractivity contribution is 6.09. The molecule has 0 atom stereocenters. The molecule has 1 N–H and O–H groups in total. The Morgan fingerprint density at radius 3 is 2.62 bits per heavy atom. The van der Waals surface area contributed by atoms with Crippen molar-refractivity contribution < 1.29 is 18.7 Å². The van der Waals surface area contributed by atoms with Gasteiger partial charge in [0.2, 0.25) is 0 Å². The second kappa shape index (κ2) is 9.29. The molecule has 6 nitrogen and oxygen atoms in total. The molecule has 29 heavy (non-hydrogen) atoms. The van der Waals surface area contributed by atoms with Crippen LogP contribution in [0.2, 0.25) is 0 Å². The largest absolute Gasteiger partial charge is 0.497 e. The minimum Gasteiger partial charge on any atom is -0.497 e. The molecular formula is C23H20N2O4. The maximum atomic E-state index is 12.5. The summed E-state index contributed by atoms with van der Waals surface area (Å²) < 4.78 is 16.3. The molecule has 6 heteroatoms. The summed E-state index contributed by atoms with van der Waals surface area (Å²) in [5.74, 6) is 1.90. The highest BCUT2D eigenvalue weighted by atomic mass is 16.5. The second-order valence-electron chi connectivity index (χ2n) is 6.02. The van der Waals surface area contributed by atoms with Crippen molar-refractivity contribution in [1.29, 1.82) is 5.26 Å². The van der Waals surface area contributed by atoms with Gasteiger partial charge in [-0.1, -0.05) is 6.07 Å². The Balaban J connectivity index is 1.75. The lowest BCUT2D eigenvalue weighted by Gasteiger charge is -2.07. The van der Waals surface area contributed by atoms with Gasteiger partial charge in [0.15, 0.2) is 0 Å². The number of hydrogen-bond acceptors (Lipinski definition) is 5. The Bertz CT molecular complexity index is 1060. The number of methoxy groups -OCH3 is 1. The topological polar surface area (TPSA) is 84.5 Å². The first-order valence-corrected chi connectivity index (χ1v) is 9.03. The van der Waals surface area contributed by atoms with Crippen LogP contribution >= 0.6 is 0 Å². The monoisotopic (exact) mass is 388 g/mol. The van der Waals surface area contributed by atoms with Gasteiger partial charge in [0.25, 0.3) is 5.91 Å². The van der Waals surface area contributed by atoms with Crippen molar-refractivity contribution in [2.24, 2.45) is 0 Å². The fourth-order valence-corrected chi connectivity index (χ4v) is 2.66. The molecule has 3 rings (SSSR count). The van der Waals surface area contributed by atoms with Crippen molar-refractivity contribution in [2.45, 2.75) is 6.92 Å². The van der Waals surface area contributed by atoms with Gasteiger partial charge >= 0.3 is 0 Å². The predicted molar refractivity (Wildman–Crippen MR) is 111 cm³/mol. The van der Waals surface area contributed by atoms with Gasteiger partial charge in [0.05, 0.1) is 13.7 Å². The molecule has 1 aromatic heterocycles. The van der Waals surface area contributed by atoms with Gasteiger partial charge < -0.3 is 19.2 Å². The first-order chi connectivity index (χ1) is 14.1. The Morgan fingerprint density at radius 2 is 1.93 bits per heavy atom. The maximum Gasteiger partial charge on any atom is 0.266 e. The zero-order valence-electron chi connectivity index (χ0n) is 16.1. The van der Waals surface area contributed by atoms with Crippen LogP contribution in [0, 0.1) is 11.3 Å². The normalized spacial score (nSPS) is 10.9. The van der Waals surface area contributed by atoms with Crippen molar-refractivity contribution in [3.63, 3.8) is 0 Å². The number of hydrogen-bond donors (Lipinski definition) is 1. The van der Waals surface area contributed by atoms with Gasteiger partial charge in [-0.25, -0.2) is 0 Å². The van der Waals surface area contributed by atoms with Gasteiger partial charge in [-0.2, -0.15) is 5.26 Å². The SMILES string of the molecule is CCOc1cccc(NC(=O)/C(C#N)=C\c2ccc(-c3ccc(OC)cc3)o2)c1. The Morgan fingerprint density at radius 1 is 1.14 bits per heavy atom. The van der Waals surface area contributed by atoms with Crippen LogP contribution in [-0.4, -0.2) is 19.6 Å². The molecule has 1 heterocycles. The van der Waals surface area contributed by atoms with E-state index in [2.05, 4.69) is 5.32 Å². The highest BCUT2D eigenvalue weighted by Crippen LogP contribution is 2.25. The van der Waals surface area contributed by atoms with E-state index >= 15 is 0 Å². The van der Waals surface area contributed by atoms with Crippen LogP contribution in [-0.2, 0) is 4.79 Å². The summed E-state index contributed by atoms with van der Waals surface area (Å²) in [5, 5.41) is 12.1. The Labute approximate surface area is 169 Å². The summed E-state index contributed by atoms with van der Waals surface area (Å²) in [7, 11) is 1.60. The molecule has 0 saturated heterocycles. The molecule has 0 aliphatic heterocycles. The average Bonchev–Trinajstić information content (AvgIpc) is 3.21. The van der Waals surface area contributed by atoms with Crippen LogP contribution in [0.3, 0.4) is 0 Å². The molecule has 0 saturated carbocycles. The third-order valence-electron chi connectivity index (χ3n) is 4.06. The number of carbonyl (C=O) groups excluding carboxylic acids is 1. The summed E-state index contributed by atoms with van der Waals surface area (Å²) in [6.45, 7) is 2.40. The summed E-state index contributed by atoms with van der Waals surface area (Å²) in [4.78, 5) is 12.5. The second-order valence-corrected chi connectivity index (χ2v) is 6.02. The number of benzene rings is 2. The third-order valence-corrected chi connectivity index (χ3v) is 4.06. The van der Waals surface area contributed by atoms with Crippen molar-refractivity contribution >= 4 is 17.7 Å². The minimum absolute atomic E-state index is 0.0672. The molecule has 0 fully saturated rings. The third kappa shape index (κ3) is 5.05. The van der Waals surface area contributed by atoms with E-state index in [1.165, 1.54) is 6.08 Å². The number of nitriles is 1. The number of nitrogens with zero attached hydrogens (tertiary/aromatic N) is 1. The molecule has 0 aliphatic carbocycles. The van der Waals surface area contributed by atoms with Crippen LogP contribution in [0.5, 0.6) is 11.5 Å². The standard InChI is InChI=1S/C23H20N2O4/c1-3-28-20-6-4-5-18(14-20)25-23(26)17(15-24)13-21-11-12-22(29-21)16-7-9-19(27-2)10-8-16/h4-14H,3H2,1-2H3,(H,25,26)/b17-13-. The van der Waals surface area contributed by atoms with E-state index in [1.54, 1.807) is 43.5 Å². The lowest BCUT2D eigenvalue weighted by atomic mass is 10.2. The van der Waals surface area contributed by atoms with Gasteiger partial charge in [-0.3, -0.25) is 4.79 Å². The Kier molecular flexibility index (Phi) is 6.33. The van der Waals surface area contributed by atoms with Crippen molar-refractivity contribution in [3.05, 3.63) is 72.0 Å². The summed E-state index contributed by atoms with van der Waals surface area (Å²) in [6, 6.07) is 19.8. The molecular weight excluding hydrogens is 368 g/mol. The molecule has 2 aromatic carbocycles. The molecule has 146 valence electrons. The molecule has 3 aromatic rings. The maximum absolute atomic E-state index is 12.5. The van der Waals surface area contributed by atoms with E-state index in [9.17, 15) is 10.1 Å². The summed E-state index contributed by atoms with van der Waals surface area (Å²) >= 11 is 0. The van der Waals surface area contributed by atoms with Crippen molar-refractivity contribution in [2.75, 3.05) is 19.0 Å². The van der Waals surface area contributed by atoms with Gasteiger partial charge in [0, 0.05) is 23.4 Å². The number of anilines is 1. The number of carbonyl (C=O) groups is 1. The quantitative estimate of drug-likeness (QED) is 0.460. The minimum atomic E-state index is -0.524. The van der Waals surface area contributed by atoms with Crippen LogP contribution in [0.1, 0.15) is 12.7 Å². The molecule has 0 spiro atoms. The molecule has 0 bridgehead atoms. The van der Waals surface area contributed by atoms with Crippen LogP contribution in [0.4, 0.5) is 5.69 Å². The van der Waals surface area contributed by atoms with E-state index in [-0.39, 0.29) is 5.57 Å². The smallest absolute Gasteiger partial charge is 0.266 e. The van der Waals surface area contributed by atoms with Crippen LogP contribution in [0.25, 0.3) is 17.4 Å². The summed E-state index contributed by atoms with van der Waals surface area (Å²) in [5.41, 5.74) is 1.34. The first kappa shape index (κ1) is 19.8. The lowest BCUT2D eigenvalue weighted by Crippen LogP contribution is -2.13. The number of furan rings is 1. The van der Waals surface area contributed by atoms with E-state index < -0.39 is 5.91 Å². The fraction of sp³-hybridized carbons (Fsp3) is 0.130. The average molecular weight is 388 g/mol. The van der Waals surface area contributed by atoms with Crippen LogP contribution in [0.15, 0.2) is 70.7 Å². The number of amides is 1. The summed E-state index contributed by atoms with van der Waals surface area (Å²) in [6.07, 6.45) is 1.41. The number of nitrogens with one attached hydrogen (secondary N) is 1. The van der Waals surface area contributed by atoms with Gasteiger partial charge in [0.1, 0.15) is 34.7 Å². The van der Waals surface area contributed by atoms with Gasteiger partial charge in [-0.15, -0.1) is 0 Å². The first-order valence-electron chi connectivity index (χ1n) is 9.03. The van der Waals surface area contributed by atoms with E-state index in [1.807, 2.05) is 37.3 Å². The fourth-order valence-electron chi connectivity index (χ4n) is 2.66. The number of rotatable bonds is 7. The zero-order valence-corrected chi connectivity index (χ0v) is 16.1. The van der Waals surface area contributed by atoms with E-state index in [0.29, 0.717) is 29.6 Å². The Hall–Kier alpha value is -3.98. The van der Waals surface area contributed by atoms with Crippen molar-refractivity contribution in [1.82, 2.24) is 0 Å². The lowest BCUT2D eigenvalue weighted by molar-refractivity contribution is -0.112. The molecule has 0 unspecified atom stereocenters. The van der Waals surface area contributed by atoms with E-state index in [0.717, 1.165) is 11.3 Å². The van der Waals surface area contributed by atoms with Crippen molar-refractivity contribution in [3.8, 4) is 28.9 Å². The van der Waals surface area contributed by atoms with Crippen LogP contribution < -0.4 is 14.8 Å². The molecule has 1 amide bonds. The predicted octanol–water partition coefficient (Wildman–Crippen LogP) is 4.90. The highest BCUT2D eigenvalue weighted by Gasteiger charge is 2.12. The molecule has 0 aliphatic rings. The van der Waals surface area contributed by atoms with Gasteiger partial charge in [-0.05, 0) is 55.5 Å². The molecule has 0 radical (unpaired) electrons.